The number of aromatic hydroxyl groups is 1. The van der Waals surface area contributed by atoms with Crippen molar-refractivity contribution in [3.8, 4) is 17.2 Å². The van der Waals surface area contributed by atoms with E-state index >= 15 is 0 Å². The first-order chi connectivity index (χ1) is 14.6. The average molecular weight is 413 g/mol. The molecule has 0 saturated heterocycles. The van der Waals surface area contributed by atoms with Gasteiger partial charge in [0, 0.05) is 24.6 Å². The first-order valence-corrected chi connectivity index (χ1v) is 9.73. The molecule has 0 aliphatic carbocycles. The predicted octanol–water partition coefficient (Wildman–Crippen LogP) is 2.87. The Labute approximate surface area is 173 Å². The number of phenolic OH excluding ortho intramolecular Hbond substituents is 1. The zero-order chi connectivity index (χ0) is 20.9. The number of anilines is 1. The summed E-state index contributed by atoms with van der Waals surface area (Å²) in [6.45, 7) is 0.528. The van der Waals surface area contributed by atoms with E-state index in [1.807, 2.05) is 18.2 Å². The van der Waals surface area contributed by atoms with Gasteiger partial charge >= 0.3 is 0 Å². The van der Waals surface area contributed by atoms with Crippen LogP contribution in [0, 0.1) is 0 Å². The Morgan fingerprint density at radius 2 is 1.93 bits per heavy atom. The fourth-order valence-corrected chi connectivity index (χ4v) is 3.31. The summed E-state index contributed by atoms with van der Waals surface area (Å²) in [4.78, 5) is 12.8. The number of carbonyl (C=O) groups excluding carboxylic acids is 1. The highest BCUT2D eigenvalue weighted by atomic mass is 16.7. The summed E-state index contributed by atoms with van der Waals surface area (Å²) in [5.74, 6) is 1.07. The molecule has 30 heavy (non-hydrogen) atoms. The second kappa shape index (κ2) is 9.06. The zero-order valence-corrected chi connectivity index (χ0v) is 16.2. The first kappa shape index (κ1) is 20.1. The van der Waals surface area contributed by atoms with E-state index < -0.39 is 12.2 Å². The zero-order valence-electron chi connectivity index (χ0n) is 16.2. The summed E-state index contributed by atoms with van der Waals surface area (Å²) >= 11 is 0. The van der Waals surface area contributed by atoms with E-state index in [0.717, 1.165) is 5.56 Å². The second-order valence-electron chi connectivity index (χ2n) is 6.98. The molecule has 0 aromatic heterocycles. The second-order valence-corrected chi connectivity index (χ2v) is 6.98. The number of fused-ring (bicyclic) bond motifs is 1. The van der Waals surface area contributed by atoms with Gasteiger partial charge in [0.25, 0.3) is 5.91 Å². The van der Waals surface area contributed by atoms with Gasteiger partial charge in [0.15, 0.2) is 17.3 Å². The minimum absolute atomic E-state index is 0.0162. The quantitative estimate of drug-likeness (QED) is 0.473. The molecule has 2 aliphatic rings. The smallest absolute Gasteiger partial charge is 0.290 e. The summed E-state index contributed by atoms with van der Waals surface area (Å²) in [5.41, 5.74) is 1.48. The van der Waals surface area contributed by atoms with Crippen LogP contribution in [0.4, 0.5) is 5.69 Å². The molecule has 0 bridgehead atoms. The van der Waals surface area contributed by atoms with Crippen LogP contribution in [-0.2, 0) is 14.3 Å². The molecular weight excluding hydrogens is 390 g/mol. The topological polar surface area (TPSA) is 106 Å². The van der Waals surface area contributed by atoms with Crippen molar-refractivity contribution in [3.63, 3.8) is 0 Å². The number of aliphatic hydroxyl groups is 1. The van der Waals surface area contributed by atoms with Gasteiger partial charge in [-0.05, 0) is 54.5 Å². The maximum atomic E-state index is 12.8. The average Bonchev–Trinajstić information content (AvgIpc) is 3.23. The Hall–Kier alpha value is -3.23. The Kier molecular flexibility index (Phi) is 6.06. The molecular formula is C22H23NO7. The highest BCUT2D eigenvalue weighted by molar-refractivity contribution is 6.02. The van der Waals surface area contributed by atoms with Crippen LogP contribution in [0.5, 0.6) is 17.2 Å². The molecule has 1 amide bonds. The normalized spacial score (nSPS) is 19.7. The van der Waals surface area contributed by atoms with E-state index in [9.17, 15) is 9.90 Å². The van der Waals surface area contributed by atoms with Crippen LogP contribution < -0.4 is 14.8 Å². The summed E-state index contributed by atoms with van der Waals surface area (Å²) in [6.07, 6.45) is 2.13. The predicted molar refractivity (Wildman–Crippen MR) is 107 cm³/mol. The minimum Gasteiger partial charge on any atom is -0.508 e. The van der Waals surface area contributed by atoms with Crippen LogP contribution in [0.3, 0.4) is 0 Å². The number of benzene rings is 2. The molecule has 3 N–H and O–H groups in total. The molecule has 0 radical (unpaired) electrons. The molecule has 158 valence electrons. The van der Waals surface area contributed by atoms with Crippen LogP contribution >= 0.6 is 0 Å². The van der Waals surface area contributed by atoms with Gasteiger partial charge < -0.3 is 34.5 Å². The minimum atomic E-state index is -0.627. The van der Waals surface area contributed by atoms with Crippen molar-refractivity contribution in [1.82, 2.24) is 0 Å². The standard InChI is InChI=1S/C22H23NO7/c24-8-1-9-27-21-12-15(14-2-7-18-19(10-14)29-13-28-18)11-20(30-21)22(26)23-16-3-5-17(25)6-4-16/h2-7,10-11,15,21,24-25H,1,8-9,12-13H2,(H,23,26)/t15-,21+/m1/s1. The van der Waals surface area contributed by atoms with Crippen molar-refractivity contribution in [2.75, 3.05) is 25.3 Å². The van der Waals surface area contributed by atoms with E-state index in [1.165, 1.54) is 12.1 Å². The lowest BCUT2D eigenvalue weighted by molar-refractivity contribution is -0.144. The van der Waals surface area contributed by atoms with E-state index in [2.05, 4.69) is 5.32 Å². The SMILES string of the molecule is O=C(Nc1ccc(O)cc1)C1=C[C@@H](c2ccc3c(c2)OCO3)C[C@@H](OCCCO)O1. The fourth-order valence-electron chi connectivity index (χ4n) is 3.31. The molecule has 0 unspecified atom stereocenters. The number of hydrogen-bond donors (Lipinski definition) is 3. The molecule has 4 rings (SSSR count). The van der Waals surface area contributed by atoms with Crippen molar-refractivity contribution < 1.29 is 34.0 Å². The molecule has 0 spiro atoms. The van der Waals surface area contributed by atoms with Crippen molar-refractivity contribution in [1.29, 1.82) is 0 Å². The van der Waals surface area contributed by atoms with Crippen LogP contribution in [0.1, 0.15) is 24.3 Å². The van der Waals surface area contributed by atoms with Gasteiger partial charge in [0.1, 0.15) is 5.75 Å². The molecule has 8 nitrogen and oxygen atoms in total. The van der Waals surface area contributed by atoms with Gasteiger partial charge in [0.2, 0.25) is 13.1 Å². The number of amides is 1. The lowest BCUT2D eigenvalue weighted by Gasteiger charge is -2.29. The molecule has 2 heterocycles. The number of allylic oxidation sites excluding steroid dienone is 1. The summed E-state index contributed by atoms with van der Waals surface area (Å²) < 4.78 is 22.3. The van der Waals surface area contributed by atoms with Crippen LogP contribution in [0.2, 0.25) is 0 Å². The molecule has 0 saturated carbocycles. The lowest BCUT2D eigenvalue weighted by atomic mass is 9.92. The largest absolute Gasteiger partial charge is 0.508 e. The third kappa shape index (κ3) is 4.67. The van der Waals surface area contributed by atoms with E-state index in [1.54, 1.807) is 18.2 Å². The van der Waals surface area contributed by atoms with Crippen molar-refractivity contribution in [2.45, 2.75) is 25.0 Å². The summed E-state index contributed by atoms with van der Waals surface area (Å²) in [6, 6.07) is 11.8. The van der Waals surface area contributed by atoms with Crippen molar-refractivity contribution >= 4 is 11.6 Å². The van der Waals surface area contributed by atoms with Crippen molar-refractivity contribution in [2.24, 2.45) is 0 Å². The maximum absolute atomic E-state index is 12.8. The summed E-state index contributed by atoms with van der Waals surface area (Å²) in [7, 11) is 0. The number of aliphatic hydroxyl groups excluding tert-OH is 1. The Morgan fingerprint density at radius 1 is 1.13 bits per heavy atom. The third-order valence-electron chi connectivity index (χ3n) is 4.84. The summed E-state index contributed by atoms with van der Waals surface area (Å²) in [5, 5.41) is 21.2. The van der Waals surface area contributed by atoms with Gasteiger partial charge in [-0.2, -0.15) is 0 Å². The van der Waals surface area contributed by atoms with Gasteiger partial charge in [-0.3, -0.25) is 4.79 Å². The maximum Gasteiger partial charge on any atom is 0.290 e. The lowest BCUT2D eigenvalue weighted by Crippen LogP contribution is -2.29. The Morgan fingerprint density at radius 3 is 2.73 bits per heavy atom. The Balaban J connectivity index is 1.54. The monoisotopic (exact) mass is 413 g/mol. The van der Waals surface area contributed by atoms with Crippen LogP contribution in [0.15, 0.2) is 54.3 Å². The number of nitrogens with one attached hydrogen (secondary N) is 1. The van der Waals surface area contributed by atoms with E-state index in [4.69, 9.17) is 24.1 Å². The van der Waals surface area contributed by atoms with Crippen LogP contribution in [-0.4, -0.2) is 42.4 Å². The van der Waals surface area contributed by atoms with Gasteiger partial charge in [-0.1, -0.05) is 6.07 Å². The molecule has 2 aromatic carbocycles. The highest BCUT2D eigenvalue weighted by Crippen LogP contribution is 2.38. The third-order valence-corrected chi connectivity index (χ3v) is 4.84. The molecule has 2 aliphatic heterocycles. The molecule has 0 fully saturated rings. The van der Waals surface area contributed by atoms with Gasteiger partial charge in [0.05, 0.1) is 6.61 Å². The molecule has 8 heteroatoms. The fraction of sp³-hybridized carbons (Fsp3) is 0.318. The van der Waals surface area contributed by atoms with E-state index in [-0.39, 0.29) is 30.8 Å². The number of ether oxygens (including phenoxy) is 4. The molecule has 2 aromatic rings. The van der Waals surface area contributed by atoms with E-state index in [0.29, 0.717) is 36.6 Å². The molecule has 2 atom stereocenters. The van der Waals surface area contributed by atoms with Crippen molar-refractivity contribution in [3.05, 3.63) is 59.9 Å². The number of hydrogen-bond acceptors (Lipinski definition) is 7. The highest BCUT2D eigenvalue weighted by Gasteiger charge is 2.29. The van der Waals surface area contributed by atoms with Gasteiger partial charge in [-0.15, -0.1) is 0 Å². The number of carbonyl (C=O) groups is 1. The Bertz CT molecular complexity index is 926. The number of rotatable bonds is 7. The van der Waals surface area contributed by atoms with Gasteiger partial charge in [-0.25, -0.2) is 0 Å². The number of phenols is 1. The van der Waals surface area contributed by atoms with Crippen LogP contribution in [0.25, 0.3) is 0 Å². The first-order valence-electron chi connectivity index (χ1n) is 9.73.